The monoisotopic (exact) mass is 380 g/mol. The predicted octanol–water partition coefficient (Wildman–Crippen LogP) is 4.27. The second-order valence-electron chi connectivity index (χ2n) is 8.59. The number of esters is 1. The molecule has 0 radical (unpaired) electrons. The van der Waals surface area contributed by atoms with E-state index < -0.39 is 0 Å². The third-order valence-electron chi connectivity index (χ3n) is 6.67. The van der Waals surface area contributed by atoms with Gasteiger partial charge in [0.05, 0.1) is 12.5 Å². The molecule has 2 heterocycles. The van der Waals surface area contributed by atoms with Gasteiger partial charge in [0.15, 0.2) is 0 Å². The SMILES string of the molecule is CCOC(=O)C1CCN(C)CC1C1C2=C(CCC=N2)CCc2cc(C)ccc21. The van der Waals surface area contributed by atoms with Gasteiger partial charge in [-0.3, -0.25) is 9.79 Å². The lowest BCUT2D eigenvalue weighted by molar-refractivity contribution is -0.152. The average Bonchev–Trinajstić information content (AvgIpc) is 2.84. The van der Waals surface area contributed by atoms with E-state index in [0.29, 0.717) is 6.61 Å². The van der Waals surface area contributed by atoms with Crippen LogP contribution in [0.1, 0.15) is 55.2 Å². The number of fused-ring (bicyclic) bond motifs is 1. The van der Waals surface area contributed by atoms with E-state index in [1.807, 2.05) is 6.92 Å². The molecule has 3 atom stereocenters. The number of hydrogen-bond donors (Lipinski definition) is 0. The van der Waals surface area contributed by atoms with Crippen molar-refractivity contribution in [3.63, 3.8) is 0 Å². The van der Waals surface area contributed by atoms with Gasteiger partial charge in [-0.15, -0.1) is 0 Å². The first-order valence-electron chi connectivity index (χ1n) is 10.8. The molecule has 0 saturated carbocycles. The van der Waals surface area contributed by atoms with E-state index in [1.54, 1.807) is 0 Å². The molecule has 1 aromatic rings. The normalized spacial score (nSPS) is 27.8. The Bertz CT molecular complexity index is 811. The lowest BCUT2D eigenvalue weighted by Gasteiger charge is -2.41. The fourth-order valence-electron chi connectivity index (χ4n) is 5.33. The van der Waals surface area contributed by atoms with Crippen molar-refractivity contribution in [3.8, 4) is 0 Å². The molecule has 0 spiro atoms. The number of nitrogens with zero attached hydrogens (tertiary/aromatic N) is 2. The highest BCUT2D eigenvalue weighted by Crippen LogP contribution is 2.47. The van der Waals surface area contributed by atoms with Crippen LogP contribution in [0.5, 0.6) is 0 Å². The van der Waals surface area contributed by atoms with Crippen molar-refractivity contribution in [3.05, 3.63) is 46.2 Å². The maximum Gasteiger partial charge on any atom is 0.309 e. The van der Waals surface area contributed by atoms with Gasteiger partial charge in [-0.1, -0.05) is 23.8 Å². The van der Waals surface area contributed by atoms with E-state index in [2.05, 4.69) is 43.3 Å². The Hall–Kier alpha value is -1.94. The second-order valence-corrected chi connectivity index (χ2v) is 8.59. The van der Waals surface area contributed by atoms with E-state index in [4.69, 9.17) is 9.73 Å². The molecule has 0 bridgehead atoms. The third kappa shape index (κ3) is 3.67. The zero-order chi connectivity index (χ0) is 19.7. The summed E-state index contributed by atoms with van der Waals surface area (Å²) in [6.45, 7) is 6.37. The zero-order valence-electron chi connectivity index (χ0n) is 17.4. The predicted molar refractivity (Wildman–Crippen MR) is 113 cm³/mol. The molecule has 150 valence electrons. The van der Waals surface area contributed by atoms with Gasteiger partial charge < -0.3 is 9.64 Å². The molecule has 28 heavy (non-hydrogen) atoms. The molecular weight excluding hydrogens is 348 g/mol. The molecule has 1 aliphatic carbocycles. The Balaban J connectivity index is 1.82. The van der Waals surface area contributed by atoms with E-state index >= 15 is 0 Å². The standard InChI is InChI=1S/C24H32N2O2/c1-4-28-24(27)20-11-13-26(3)15-21(20)22-19-10-7-16(2)14-18(19)9-8-17-6-5-12-25-23(17)22/h7,10,12,14,20-22H,4-6,8-9,11,13,15H2,1-3H3. The lowest BCUT2D eigenvalue weighted by Crippen LogP contribution is -2.45. The van der Waals surface area contributed by atoms with Crippen LogP contribution in [0.15, 0.2) is 34.5 Å². The molecule has 0 aromatic heterocycles. The third-order valence-corrected chi connectivity index (χ3v) is 6.67. The van der Waals surface area contributed by atoms with Crippen LogP contribution in [-0.2, 0) is 16.0 Å². The maximum absolute atomic E-state index is 12.9. The van der Waals surface area contributed by atoms with Gasteiger partial charge in [0.25, 0.3) is 0 Å². The Labute approximate surface area is 168 Å². The van der Waals surface area contributed by atoms with Crippen LogP contribution in [0.25, 0.3) is 0 Å². The summed E-state index contributed by atoms with van der Waals surface area (Å²) < 4.78 is 5.50. The summed E-state index contributed by atoms with van der Waals surface area (Å²) >= 11 is 0. The van der Waals surface area contributed by atoms with Crippen LogP contribution >= 0.6 is 0 Å². The molecule has 4 heteroatoms. The molecule has 3 aliphatic rings. The molecule has 0 amide bonds. The zero-order valence-corrected chi connectivity index (χ0v) is 17.4. The minimum Gasteiger partial charge on any atom is -0.466 e. The fraction of sp³-hybridized carbons (Fsp3) is 0.583. The van der Waals surface area contributed by atoms with E-state index in [-0.39, 0.29) is 23.7 Å². The maximum atomic E-state index is 12.9. The number of carbonyl (C=O) groups is 1. The first-order chi connectivity index (χ1) is 13.6. The van der Waals surface area contributed by atoms with Crippen molar-refractivity contribution in [2.24, 2.45) is 16.8 Å². The Kier molecular flexibility index (Phi) is 5.68. The van der Waals surface area contributed by atoms with Crippen molar-refractivity contribution in [2.75, 3.05) is 26.7 Å². The van der Waals surface area contributed by atoms with Crippen LogP contribution in [0, 0.1) is 18.8 Å². The van der Waals surface area contributed by atoms with Gasteiger partial charge in [0.2, 0.25) is 0 Å². The molecule has 0 N–H and O–H groups in total. The van der Waals surface area contributed by atoms with Crippen molar-refractivity contribution >= 4 is 12.2 Å². The highest BCUT2D eigenvalue weighted by Gasteiger charge is 2.43. The van der Waals surface area contributed by atoms with Crippen LogP contribution in [0.3, 0.4) is 0 Å². The van der Waals surface area contributed by atoms with Crippen molar-refractivity contribution in [2.45, 2.75) is 51.9 Å². The smallest absolute Gasteiger partial charge is 0.309 e. The second kappa shape index (κ2) is 8.20. The number of aliphatic imine (C=N–C) groups is 1. The van der Waals surface area contributed by atoms with Gasteiger partial charge in [-0.05, 0) is 82.2 Å². The first kappa shape index (κ1) is 19.4. The quantitative estimate of drug-likeness (QED) is 0.735. The summed E-state index contributed by atoms with van der Waals surface area (Å²) in [5, 5.41) is 0. The number of aryl methyl sites for hydroxylation is 2. The average molecular weight is 381 g/mol. The van der Waals surface area contributed by atoms with Gasteiger partial charge in [-0.25, -0.2) is 0 Å². The number of piperidine rings is 1. The molecule has 2 aliphatic heterocycles. The molecule has 3 unspecified atom stereocenters. The van der Waals surface area contributed by atoms with Crippen molar-refractivity contribution in [1.29, 1.82) is 0 Å². The van der Waals surface area contributed by atoms with Gasteiger partial charge in [0.1, 0.15) is 0 Å². The largest absolute Gasteiger partial charge is 0.466 e. The molecule has 1 aromatic carbocycles. The summed E-state index contributed by atoms with van der Waals surface area (Å²) in [6, 6.07) is 6.86. The van der Waals surface area contributed by atoms with E-state index in [1.165, 1.54) is 28.0 Å². The summed E-state index contributed by atoms with van der Waals surface area (Å²) in [6.07, 6.45) is 7.25. The molecule has 4 nitrogen and oxygen atoms in total. The first-order valence-corrected chi connectivity index (χ1v) is 10.8. The number of carbonyl (C=O) groups excluding carboxylic acids is 1. The summed E-state index contributed by atoms with van der Waals surface area (Å²) in [4.78, 5) is 20.2. The van der Waals surface area contributed by atoms with Gasteiger partial charge in [-0.2, -0.15) is 0 Å². The summed E-state index contributed by atoms with van der Waals surface area (Å²) in [7, 11) is 2.17. The highest BCUT2D eigenvalue weighted by atomic mass is 16.5. The Morgan fingerprint density at radius 1 is 1.29 bits per heavy atom. The number of allylic oxidation sites excluding steroid dienone is 2. The topological polar surface area (TPSA) is 41.9 Å². The molecule has 1 saturated heterocycles. The van der Waals surface area contributed by atoms with E-state index in [9.17, 15) is 4.79 Å². The summed E-state index contributed by atoms with van der Waals surface area (Å²) in [5.74, 6) is 0.305. The molecule has 1 fully saturated rings. The van der Waals surface area contributed by atoms with E-state index in [0.717, 1.165) is 45.2 Å². The van der Waals surface area contributed by atoms with Crippen LogP contribution in [0.4, 0.5) is 0 Å². The van der Waals surface area contributed by atoms with Crippen LogP contribution in [-0.4, -0.2) is 43.8 Å². The fourth-order valence-corrected chi connectivity index (χ4v) is 5.33. The van der Waals surface area contributed by atoms with Crippen molar-refractivity contribution in [1.82, 2.24) is 4.90 Å². The number of likely N-dealkylation sites (tertiary alicyclic amines) is 1. The van der Waals surface area contributed by atoms with Crippen LogP contribution < -0.4 is 0 Å². The molecular formula is C24H32N2O2. The van der Waals surface area contributed by atoms with Gasteiger partial charge in [0, 0.05) is 24.4 Å². The number of rotatable bonds is 3. The van der Waals surface area contributed by atoms with Crippen LogP contribution in [0.2, 0.25) is 0 Å². The molecule has 4 rings (SSSR count). The lowest BCUT2D eigenvalue weighted by atomic mass is 9.71. The Morgan fingerprint density at radius 2 is 2.14 bits per heavy atom. The highest BCUT2D eigenvalue weighted by molar-refractivity contribution is 5.73. The minimum absolute atomic E-state index is 0.0274. The number of hydrogen-bond acceptors (Lipinski definition) is 4. The number of benzene rings is 1. The minimum atomic E-state index is -0.0562. The summed E-state index contributed by atoms with van der Waals surface area (Å²) in [5.41, 5.74) is 6.86. The van der Waals surface area contributed by atoms with Crippen molar-refractivity contribution < 1.29 is 9.53 Å². The van der Waals surface area contributed by atoms with Gasteiger partial charge >= 0.3 is 5.97 Å². The Morgan fingerprint density at radius 3 is 2.96 bits per heavy atom. The number of ether oxygens (including phenoxy) is 1.